The predicted molar refractivity (Wildman–Crippen MR) is 191 cm³/mol. The fourth-order valence-electron chi connectivity index (χ4n) is 7.97. The van der Waals surface area contributed by atoms with Crippen LogP contribution >= 0.6 is 0 Å². The third-order valence-corrected chi connectivity index (χ3v) is 12.2. The van der Waals surface area contributed by atoms with Gasteiger partial charge in [0.05, 0.1) is 10.4 Å². The second-order valence-corrected chi connectivity index (χ2v) is 15.7. The summed E-state index contributed by atoms with van der Waals surface area (Å²) in [6.45, 7) is 4.84. The number of carbonyl (C=O) groups is 1. The normalized spacial score (nSPS) is 21.8. The van der Waals surface area contributed by atoms with Gasteiger partial charge in [-0.3, -0.25) is 9.69 Å². The number of sulfonamides is 1. The summed E-state index contributed by atoms with van der Waals surface area (Å²) in [5, 5.41) is 4.94. The topological polar surface area (TPSA) is 78.5 Å². The second kappa shape index (κ2) is 14.7. The lowest BCUT2D eigenvalue weighted by Gasteiger charge is -2.47. The Bertz CT molecular complexity index is 1730. The van der Waals surface area contributed by atoms with E-state index in [4.69, 9.17) is 0 Å². The molecule has 0 bridgehead atoms. The molecule has 6 nitrogen and oxygen atoms in total. The lowest BCUT2D eigenvalue weighted by atomic mass is 9.71. The van der Waals surface area contributed by atoms with Crippen molar-refractivity contribution in [1.82, 2.24) is 14.9 Å². The van der Waals surface area contributed by atoms with Crippen LogP contribution in [0.15, 0.2) is 108 Å². The average molecular weight is 652 g/mol. The van der Waals surface area contributed by atoms with Crippen LogP contribution in [-0.4, -0.2) is 44.4 Å². The number of benzene rings is 4. The van der Waals surface area contributed by atoms with E-state index in [-0.39, 0.29) is 22.8 Å². The molecule has 4 aromatic carbocycles. The van der Waals surface area contributed by atoms with E-state index >= 15 is 0 Å². The van der Waals surface area contributed by atoms with Gasteiger partial charge in [0.15, 0.2) is 0 Å². The second-order valence-electron chi connectivity index (χ2n) is 14.0. The molecule has 47 heavy (non-hydrogen) atoms. The standard InChI is InChI=1S/C40H49N3O3S/c1-39(36-18-6-3-7-19-36,42-47(45,46)37-21-20-34-16-8-9-17-35(34)29-37)31-38(44)41-26-12-15-32-22-24-40(25-23-32,43-27-10-11-28-43)30-33-13-4-2-5-14-33/h2-9,13-14,16-21,29,32,42H,10-12,15,22-28,30-31H2,1H3,(H,41,44). The van der Waals surface area contributed by atoms with Gasteiger partial charge in [0.25, 0.3) is 0 Å². The van der Waals surface area contributed by atoms with Gasteiger partial charge in [-0.25, -0.2) is 13.1 Å². The van der Waals surface area contributed by atoms with Crippen LogP contribution in [-0.2, 0) is 26.8 Å². The molecule has 2 N–H and O–H groups in total. The highest BCUT2D eigenvalue weighted by Gasteiger charge is 2.41. The number of carbonyl (C=O) groups excluding carboxylic acids is 1. The number of hydrogen-bond acceptors (Lipinski definition) is 4. The highest BCUT2D eigenvalue weighted by atomic mass is 32.2. The van der Waals surface area contributed by atoms with Gasteiger partial charge in [-0.05, 0) is 118 Å². The minimum Gasteiger partial charge on any atom is -0.356 e. The molecule has 0 radical (unpaired) electrons. The number of likely N-dealkylation sites (tertiary alicyclic amines) is 1. The molecule has 6 rings (SSSR count). The van der Waals surface area contributed by atoms with E-state index in [9.17, 15) is 13.2 Å². The zero-order valence-corrected chi connectivity index (χ0v) is 28.5. The molecule has 248 valence electrons. The Morgan fingerprint density at radius 1 is 0.851 bits per heavy atom. The largest absolute Gasteiger partial charge is 0.356 e. The molecular formula is C40H49N3O3S. The van der Waals surface area contributed by atoms with Gasteiger partial charge in [0, 0.05) is 18.5 Å². The SMILES string of the molecule is CC(CC(=O)NCCCC1CCC(Cc2ccccc2)(N2CCCC2)CC1)(NS(=O)(=O)c1ccc2ccccc2c1)c1ccccc1. The summed E-state index contributed by atoms with van der Waals surface area (Å²) in [5.74, 6) is 0.527. The Balaban J connectivity index is 1.03. The Kier molecular flexibility index (Phi) is 10.5. The van der Waals surface area contributed by atoms with E-state index in [1.807, 2.05) is 60.7 Å². The van der Waals surface area contributed by atoms with Gasteiger partial charge >= 0.3 is 0 Å². The van der Waals surface area contributed by atoms with E-state index in [1.165, 1.54) is 57.2 Å². The van der Waals surface area contributed by atoms with Crippen LogP contribution in [0.5, 0.6) is 0 Å². The van der Waals surface area contributed by atoms with Crippen LogP contribution in [0.3, 0.4) is 0 Å². The van der Waals surface area contributed by atoms with Crippen molar-refractivity contribution in [2.24, 2.45) is 5.92 Å². The summed E-state index contributed by atoms with van der Waals surface area (Å²) in [6, 6.07) is 33.2. The van der Waals surface area contributed by atoms with Crippen LogP contribution in [0.1, 0.15) is 75.8 Å². The van der Waals surface area contributed by atoms with Gasteiger partial charge < -0.3 is 5.32 Å². The molecule has 1 saturated heterocycles. The van der Waals surface area contributed by atoms with Crippen molar-refractivity contribution in [3.8, 4) is 0 Å². The van der Waals surface area contributed by atoms with Crippen molar-refractivity contribution < 1.29 is 13.2 Å². The van der Waals surface area contributed by atoms with E-state index in [0.717, 1.165) is 35.6 Å². The molecule has 1 unspecified atom stereocenters. The fourth-order valence-corrected chi connectivity index (χ4v) is 9.40. The number of fused-ring (bicyclic) bond motifs is 1. The minimum atomic E-state index is -3.91. The highest BCUT2D eigenvalue weighted by Crippen LogP contribution is 2.42. The Morgan fingerprint density at radius 3 is 2.19 bits per heavy atom. The molecule has 0 spiro atoms. The zero-order chi connectivity index (χ0) is 32.7. The first kappa shape index (κ1) is 33.4. The van der Waals surface area contributed by atoms with Crippen molar-refractivity contribution in [3.63, 3.8) is 0 Å². The summed E-state index contributed by atoms with van der Waals surface area (Å²) < 4.78 is 30.2. The molecule has 0 aromatic heterocycles. The lowest BCUT2D eigenvalue weighted by molar-refractivity contribution is -0.122. The van der Waals surface area contributed by atoms with Gasteiger partial charge in [-0.2, -0.15) is 0 Å². The molecule has 2 aliphatic rings. The number of hydrogen-bond donors (Lipinski definition) is 2. The third kappa shape index (κ3) is 8.14. The molecule has 4 aromatic rings. The van der Waals surface area contributed by atoms with E-state index in [1.54, 1.807) is 19.1 Å². The van der Waals surface area contributed by atoms with E-state index in [2.05, 4.69) is 45.3 Å². The quantitative estimate of drug-likeness (QED) is 0.146. The predicted octanol–water partition coefficient (Wildman–Crippen LogP) is 7.59. The maximum absolute atomic E-state index is 13.7. The minimum absolute atomic E-state index is 0.00505. The maximum Gasteiger partial charge on any atom is 0.241 e. The Labute approximate surface area is 281 Å². The average Bonchev–Trinajstić information content (AvgIpc) is 3.64. The molecule has 1 heterocycles. The van der Waals surface area contributed by atoms with Gasteiger partial charge in [0.1, 0.15) is 0 Å². The van der Waals surface area contributed by atoms with Crippen molar-refractivity contribution >= 4 is 26.7 Å². The first-order valence-corrected chi connectivity index (χ1v) is 18.9. The molecular weight excluding hydrogens is 603 g/mol. The first-order chi connectivity index (χ1) is 22.7. The third-order valence-electron chi connectivity index (χ3n) is 10.6. The molecule has 1 amide bonds. The van der Waals surface area contributed by atoms with E-state index < -0.39 is 15.6 Å². The number of amides is 1. The van der Waals surface area contributed by atoms with Gasteiger partial charge in [0.2, 0.25) is 15.9 Å². The summed E-state index contributed by atoms with van der Waals surface area (Å²) in [7, 11) is -3.91. The zero-order valence-electron chi connectivity index (χ0n) is 27.7. The monoisotopic (exact) mass is 651 g/mol. The maximum atomic E-state index is 13.7. The number of nitrogens with zero attached hydrogens (tertiary/aromatic N) is 1. The van der Waals surface area contributed by atoms with Crippen LogP contribution in [0.25, 0.3) is 10.8 Å². The van der Waals surface area contributed by atoms with Crippen molar-refractivity contribution in [2.75, 3.05) is 19.6 Å². The number of nitrogens with one attached hydrogen (secondary N) is 2. The van der Waals surface area contributed by atoms with Crippen molar-refractivity contribution in [1.29, 1.82) is 0 Å². The highest BCUT2D eigenvalue weighted by molar-refractivity contribution is 7.89. The summed E-state index contributed by atoms with van der Waals surface area (Å²) in [6.07, 6.45) is 10.8. The Morgan fingerprint density at radius 2 is 1.49 bits per heavy atom. The molecule has 7 heteroatoms. The number of rotatable bonds is 13. The summed E-state index contributed by atoms with van der Waals surface area (Å²) in [4.78, 5) is 16.3. The smallest absolute Gasteiger partial charge is 0.241 e. The summed E-state index contributed by atoms with van der Waals surface area (Å²) in [5.41, 5.74) is 1.36. The van der Waals surface area contributed by atoms with Crippen LogP contribution in [0.2, 0.25) is 0 Å². The van der Waals surface area contributed by atoms with Crippen LogP contribution < -0.4 is 10.0 Å². The first-order valence-electron chi connectivity index (χ1n) is 17.4. The fraction of sp³-hybridized carbons (Fsp3) is 0.425. The molecule has 1 aliphatic carbocycles. The molecule has 2 fully saturated rings. The molecule has 1 atom stereocenters. The van der Waals surface area contributed by atoms with Crippen molar-refractivity contribution in [2.45, 2.75) is 87.1 Å². The molecule has 1 aliphatic heterocycles. The van der Waals surface area contributed by atoms with Gasteiger partial charge in [-0.1, -0.05) is 91.0 Å². The van der Waals surface area contributed by atoms with Crippen LogP contribution in [0, 0.1) is 5.92 Å². The molecule has 1 saturated carbocycles. The van der Waals surface area contributed by atoms with Crippen LogP contribution in [0.4, 0.5) is 0 Å². The summed E-state index contributed by atoms with van der Waals surface area (Å²) >= 11 is 0. The lowest BCUT2D eigenvalue weighted by Crippen LogP contribution is -2.51. The Hall–Kier alpha value is -3.52. The van der Waals surface area contributed by atoms with E-state index in [0.29, 0.717) is 12.5 Å². The van der Waals surface area contributed by atoms with Gasteiger partial charge in [-0.15, -0.1) is 0 Å². The van der Waals surface area contributed by atoms with Crippen molar-refractivity contribution in [3.05, 3.63) is 114 Å².